The number of aliphatic hydroxyl groups excluding tert-OH is 1. The summed E-state index contributed by atoms with van der Waals surface area (Å²) in [4.78, 5) is 0. The van der Waals surface area contributed by atoms with Gasteiger partial charge in [-0.25, -0.2) is 0 Å². The summed E-state index contributed by atoms with van der Waals surface area (Å²) in [5.41, 5.74) is 6.50. The molecule has 60 valence electrons. The highest BCUT2D eigenvalue weighted by Crippen LogP contribution is 2.22. The minimum Gasteiger partial charge on any atom is -0.385 e. The van der Waals surface area contributed by atoms with Crippen molar-refractivity contribution in [3.63, 3.8) is 0 Å². The highest BCUT2D eigenvalue weighted by Gasteiger charge is 2.24. The van der Waals surface area contributed by atoms with Crippen molar-refractivity contribution in [3.05, 3.63) is 18.0 Å². The number of fused-ring (bicyclic) bond motifs is 1. The molecule has 0 spiro atoms. The van der Waals surface area contributed by atoms with Crippen molar-refractivity contribution in [2.45, 2.75) is 25.1 Å². The van der Waals surface area contributed by atoms with Gasteiger partial charge in [0.2, 0.25) is 0 Å². The molecule has 0 fully saturated rings. The molecule has 1 aliphatic heterocycles. The Morgan fingerprint density at radius 2 is 2.55 bits per heavy atom. The summed E-state index contributed by atoms with van der Waals surface area (Å²) >= 11 is 0. The predicted molar refractivity (Wildman–Crippen MR) is 39.8 cm³/mol. The van der Waals surface area contributed by atoms with Gasteiger partial charge in [0.15, 0.2) is 0 Å². The first-order chi connectivity index (χ1) is 5.29. The Kier molecular flexibility index (Phi) is 1.44. The van der Waals surface area contributed by atoms with Gasteiger partial charge in [0.1, 0.15) is 6.10 Å². The number of nitrogens with zero attached hydrogens (tertiary/aromatic N) is 2. The Balaban J connectivity index is 2.38. The SMILES string of the molecule is N[C@H]1CCn2nccc2[C@H]1O. The van der Waals surface area contributed by atoms with Crippen LogP contribution in [-0.4, -0.2) is 20.9 Å². The molecule has 1 aromatic rings. The van der Waals surface area contributed by atoms with Crippen LogP contribution >= 0.6 is 0 Å². The Morgan fingerprint density at radius 1 is 1.73 bits per heavy atom. The van der Waals surface area contributed by atoms with Crippen molar-refractivity contribution in [1.82, 2.24) is 9.78 Å². The summed E-state index contributed by atoms with van der Waals surface area (Å²) in [6, 6.07) is 1.68. The summed E-state index contributed by atoms with van der Waals surface area (Å²) in [5, 5.41) is 13.6. The van der Waals surface area contributed by atoms with Crippen LogP contribution in [-0.2, 0) is 6.54 Å². The van der Waals surface area contributed by atoms with Gasteiger partial charge in [-0.1, -0.05) is 0 Å². The van der Waals surface area contributed by atoms with E-state index in [9.17, 15) is 5.11 Å². The van der Waals surface area contributed by atoms with Crippen LogP contribution in [0.15, 0.2) is 12.3 Å². The van der Waals surface area contributed by atoms with Crippen LogP contribution in [0.2, 0.25) is 0 Å². The van der Waals surface area contributed by atoms with Crippen molar-refractivity contribution in [3.8, 4) is 0 Å². The van der Waals surface area contributed by atoms with Gasteiger partial charge in [-0.3, -0.25) is 4.68 Å². The van der Waals surface area contributed by atoms with Crippen molar-refractivity contribution < 1.29 is 5.11 Å². The zero-order valence-corrected chi connectivity index (χ0v) is 6.14. The summed E-state index contributed by atoms with van der Waals surface area (Å²) in [5.74, 6) is 0. The third kappa shape index (κ3) is 0.948. The van der Waals surface area contributed by atoms with Crippen LogP contribution in [0.3, 0.4) is 0 Å². The van der Waals surface area contributed by atoms with Crippen molar-refractivity contribution in [1.29, 1.82) is 0 Å². The van der Waals surface area contributed by atoms with Gasteiger partial charge in [-0.15, -0.1) is 0 Å². The van der Waals surface area contributed by atoms with Gasteiger partial charge in [-0.2, -0.15) is 5.10 Å². The molecule has 0 bridgehead atoms. The number of nitrogens with two attached hydrogens (primary N) is 1. The second-order valence-corrected chi connectivity index (χ2v) is 2.88. The van der Waals surface area contributed by atoms with Crippen LogP contribution in [0, 0.1) is 0 Å². The molecule has 0 radical (unpaired) electrons. The summed E-state index contributed by atoms with van der Waals surface area (Å²) in [6.45, 7) is 0.820. The average Bonchev–Trinajstić information content (AvgIpc) is 2.45. The third-order valence-electron chi connectivity index (χ3n) is 2.13. The molecule has 0 saturated carbocycles. The molecule has 0 unspecified atom stereocenters. The van der Waals surface area contributed by atoms with Crippen molar-refractivity contribution >= 4 is 0 Å². The monoisotopic (exact) mass is 153 g/mol. The fourth-order valence-corrected chi connectivity index (χ4v) is 1.43. The Labute approximate surface area is 64.6 Å². The number of aryl methyl sites for hydroxylation is 1. The molecule has 1 aliphatic rings. The van der Waals surface area contributed by atoms with E-state index in [1.807, 2.05) is 6.07 Å². The minimum atomic E-state index is -0.536. The van der Waals surface area contributed by atoms with Gasteiger partial charge in [0.05, 0.1) is 5.69 Å². The zero-order chi connectivity index (χ0) is 7.84. The maximum Gasteiger partial charge on any atom is 0.111 e. The molecule has 0 amide bonds. The second kappa shape index (κ2) is 2.32. The summed E-state index contributed by atoms with van der Waals surface area (Å²) in [6.07, 6.45) is 1.96. The molecule has 4 heteroatoms. The lowest BCUT2D eigenvalue weighted by Gasteiger charge is -2.25. The van der Waals surface area contributed by atoms with Gasteiger partial charge in [-0.05, 0) is 12.5 Å². The first-order valence-corrected chi connectivity index (χ1v) is 3.74. The molecule has 0 aromatic carbocycles. The molecule has 0 saturated heterocycles. The normalized spacial score (nSPS) is 30.0. The Morgan fingerprint density at radius 3 is 3.36 bits per heavy atom. The summed E-state index contributed by atoms with van der Waals surface area (Å²) < 4.78 is 1.80. The Bertz CT molecular complexity index is 258. The zero-order valence-electron chi connectivity index (χ0n) is 6.14. The molecule has 4 nitrogen and oxygen atoms in total. The van der Waals surface area contributed by atoms with E-state index in [2.05, 4.69) is 5.10 Å². The number of rotatable bonds is 0. The van der Waals surface area contributed by atoms with Gasteiger partial charge < -0.3 is 10.8 Å². The lowest BCUT2D eigenvalue weighted by atomic mass is 10.0. The molecule has 0 aliphatic carbocycles. The van der Waals surface area contributed by atoms with E-state index in [0.29, 0.717) is 0 Å². The van der Waals surface area contributed by atoms with E-state index in [-0.39, 0.29) is 6.04 Å². The lowest BCUT2D eigenvalue weighted by molar-refractivity contribution is 0.112. The van der Waals surface area contributed by atoms with E-state index in [1.54, 1.807) is 10.9 Å². The van der Waals surface area contributed by atoms with E-state index in [0.717, 1.165) is 18.7 Å². The molecule has 11 heavy (non-hydrogen) atoms. The topological polar surface area (TPSA) is 64.1 Å². The largest absolute Gasteiger partial charge is 0.385 e. The standard InChI is InChI=1S/C7H11N3O/c8-5-2-4-10-6(7(5)11)1-3-9-10/h1,3,5,7,11H,2,4,8H2/t5-,7-/m0/s1. The Hall–Kier alpha value is -0.870. The molecule has 2 heterocycles. The molecule has 3 N–H and O–H groups in total. The number of hydrogen-bond donors (Lipinski definition) is 2. The highest BCUT2D eigenvalue weighted by molar-refractivity contribution is 5.09. The molecule has 2 atom stereocenters. The molecule has 1 aromatic heterocycles. The second-order valence-electron chi connectivity index (χ2n) is 2.88. The molecular weight excluding hydrogens is 142 g/mol. The number of aromatic nitrogens is 2. The van der Waals surface area contributed by atoms with Crippen LogP contribution in [0.25, 0.3) is 0 Å². The fraction of sp³-hybridized carbons (Fsp3) is 0.571. The quantitative estimate of drug-likeness (QED) is 0.535. The number of aliphatic hydroxyl groups is 1. The fourth-order valence-electron chi connectivity index (χ4n) is 1.43. The molecule has 2 rings (SSSR count). The maximum atomic E-state index is 9.53. The van der Waals surface area contributed by atoms with Gasteiger partial charge in [0.25, 0.3) is 0 Å². The van der Waals surface area contributed by atoms with Crippen LogP contribution in [0.1, 0.15) is 18.2 Å². The van der Waals surface area contributed by atoms with E-state index in [4.69, 9.17) is 5.73 Å². The maximum absolute atomic E-state index is 9.53. The average molecular weight is 153 g/mol. The number of hydrogen-bond acceptors (Lipinski definition) is 3. The smallest absolute Gasteiger partial charge is 0.111 e. The first-order valence-electron chi connectivity index (χ1n) is 3.74. The lowest BCUT2D eigenvalue weighted by Crippen LogP contribution is -2.35. The van der Waals surface area contributed by atoms with E-state index < -0.39 is 6.10 Å². The third-order valence-corrected chi connectivity index (χ3v) is 2.13. The van der Waals surface area contributed by atoms with Gasteiger partial charge >= 0.3 is 0 Å². The van der Waals surface area contributed by atoms with E-state index in [1.165, 1.54) is 0 Å². The highest BCUT2D eigenvalue weighted by atomic mass is 16.3. The van der Waals surface area contributed by atoms with Gasteiger partial charge in [0, 0.05) is 18.8 Å². The van der Waals surface area contributed by atoms with Crippen molar-refractivity contribution in [2.24, 2.45) is 5.73 Å². The van der Waals surface area contributed by atoms with E-state index >= 15 is 0 Å². The molecular formula is C7H11N3O. The predicted octanol–water partition coefficient (Wildman–Crippen LogP) is -0.353. The summed E-state index contributed by atoms with van der Waals surface area (Å²) in [7, 11) is 0. The van der Waals surface area contributed by atoms with Crippen LogP contribution < -0.4 is 5.73 Å². The first kappa shape index (κ1) is 6.82. The minimum absolute atomic E-state index is 0.126. The van der Waals surface area contributed by atoms with Crippen LogP contribution in [0.4, 0.5) is 0 Å². The van der Waals surface area contributed by atoms with Crippen LogP contribution in [0.5, 0.6) is 0 Å². The van der Waals surface area contributed by atoms with Crippen molar-refractivity contribution in [2.75, 3.05) is 0 Å².